The molecule has 0 saturated heterocycles. The first-order chi connectivity index (χ1) is 8.11. The minimum atomic E-state index is -0.106. The molecule has 0 aliphatic heterocycles. The predicted octanol–water partition coefficient (Wildman–Crippen LogP) is 6.43. The van der Waals surface area contributed by atoms with Gasteiger partial charge in [-0.3, -0.25) is 0 Å². The number of halogens is 2. The monoisotopic (exact) mass is 412 g/mol. The van der Waals surface area contributed by atoms with Gasteiger partial charge in [0.2, 0.25) is 0 Å². The van der Waals surface area contributed by atoms with Crippen LogP contribution in [0.2, 0.25) is 0 Å². The fraction of sp³-hybridized carbons (Fsp3) is 1.00. The summed E-state index contributed by atoms with van der Waals surface area (Å²) in [5.41, 5.74) is 0. The molecule has 0 heterocycles. The molecule has 0 aromatic heterocycles. The average molecular weight is 414 g/mol. The van der Waals surface area contributed by atoms with Gasteiger partial charge < -0.3 is 0 Å². The summed E-state index contributed by atoms with van der Waals surface area (Å²) in [6, 6.07) is 0. The van der Waals surface area contributed by atoms with Crippen LogP contribution < -0.4 is 0 Å². The van der Waals surface area contributed by atoms with Crippen molar-refractivity contribution in [3.8, 4) is 0 Å². The van der Waals surface area contributed by atoms with Crippen molar-refractivity contribution in [1.82, 2.24) is 0 Å². The predicted molar refractivity (Wildman–Crippen MR) is 88.8 cm³/mol. The van der Waals surface area contributed by atoms with Crippen LogP contribution in [-0.4, -0.2) is 37.0 Å². The molecule has 0 rings (SSSR count). The van der Waals surface area contributed by atoms with Crippen LogP contribution >= 0.6 is 34.9 Å². The molecule has 0 N–H and O–H groups in total. The van der Waals surface area contributed by atoms with E-state index in [0.717, 1.165) is 0 Å². The Labute approximate surface area is 129 Å². The SMILES string of the molecule is CCP(CC)CC.CCP(CC)CC.[Cl][Pd][Cl]. The normalized spacial score (nSPS) is 9.76. The third-order valence-corrected chi connectivity index (χ3v) is 8.05. The van der Waals surface area contributed by atoms with Gasteiger partial charge in [-0.25, -0.2) is 0 Å². The van der Waals surface area contributed by atoms with Crippen molar-refractivity contribution in [2.45, 2.75) is 41.5 Å². The third-order valence-electron chi connectivity index (χ3n) is 2.68. The third kappa shape index (κ3) is 23.6. The number of rotatable bonds is 6. The van der Waals surface area contributed by atoms with Gasteiger partial charge in [-0.2, -0.15) is 0 Å². The second-order valence-corrected chi connectivity index (χ2v) is 12.1. The van der Waals surface area contributed by atoms with Gasteiger partial charge in [-0.1, -0.05) is 41.5 Å². The summed E-state index contributed by atoms with van der Waals surface area (Å²) in [6.07, 6.45) is 8.51. The summed E-state index contributed by atoms with van der Waals surface area (Å²) < 4.78 is 0. The summed E-state index contributed by atoms with van der Waals surface area (Å²) in [5, 5.41) is 0. The fourth-order valence-electron chi connectivity index (χ4n) is 1.34. The summed E-state index contributed by atoms with van der Waals surface area (Å²) in [7, 11) is 10.5. The van der Waals surface area contributed by atoms with Gasteiger partial charge in [-0.15, -0.1) is 15.8 Å². The Morgan fingerprint density at radius 2 is 0.706 bits per heavy atom. The van der Waals surface area contributed by atoms with Crippen molar-refractivity contribution in [3.63, 3.8) is 0 Å². The molecule has 0 aromatic rings. The Hall–Kier alpha value is 2.10. The van der Waals surface area contributed by atoms with E-state index in [1.165, 1.54) is 37.0 Å². The Morgan fingerprint density at radius 3 is 0.706 bits per heavy atom. The van der Waals surface area contributed by atoms with E-state index >= 15 is 0 Å². The topological polar surface area (TPSA) is 0 Å². The molecule has 0 nitrogen and oxygen atoms in total. The molecule has 112 valence electrons. The average Bonchev–Trinajstić information content (AvgIpc) is 2.35. The molecule has 0 spiro atoms. The van der Waals surface area contributed by atoms with E-state index < -0.39 is 0 Å². The van der Waals surface area contributed by atoms with Gasteiger partial charge >= 0.3 is 35.0 Å². The molecule has 0 saturated carbocycles. The maximum atomic E-state index is 4.81. The zero-order valence-corrected chi connectivity index (χ0v) is 17.1. The van der Waals surface area contributed by atoms with Crippen LogP contribution in [0.3, 0.4) is 0 Å². The van der Waals surface area contributed by atoms with Crippen LogP contribution in [0.15, 0.2) is 0 Å². The molecular formula is C12H30Cl2P2Pd. The summed E-state index contributed by atoms with van der Waals surface area (Å²) in [6.45, 7) is 13.7. The van der Waals surface area contributed by atoms with Gasteiger partial charge in [0.25, 0.3) is 0 Å². The van der Waals surface area contributed by atoms with Crippen molar-refractivity contribution in [2.24, 2.45) is 0 Å². The van der Waals surface area contributed by atoms with Crippen LogP contribution in [0.25, 0.3) is 0 Å². The molecule has 17 heavy (non-hydrogen) atoms. The van der Waals surface area contributed by atoms with Crippen molar-refractivity contribution >= 4 is 34.9 Å². The van der Waals surface area contributed by atoms with Crippen molar-refractivity contribution < 1.29 is 15.9 Å². The first kappa shape index (κ1) is 24.1. The molecule has 0 atom stereocenters. The van der Waals surface area contributed by atoms with Gasteiger partial charge in [0, 0.05) is 0 Å². The van der Waals surface area contributed by atoms with E-state index in [4.69, 9.17) is 19.1 Å². The van der Waals surface area contributed by atoms with Crippen LogP contribution in [0.4, 0.5) is 0 Å². The summed E-state index contributed by atoms with van der Waals surface area (Å²) >= 11 is -0.106. The zero-order valence-electron chi connectivity index (χ0n) is 12.2. The van der Waals surface area contributed by atoms with E-state index in [1.807, 2.05) is 0 Å². The van der Waals surface area contributed by atoms with Gasteiger partial charge in [-0.05, 0) is 37.0 Å². The summed E-state index contributed by atoms with van der Waals surface area (Å²) in [5.74, 6) is 0. The Morgan fingerprint density at radius 1 is 0.588 bits per heavy atom. The van der Waals surface area contributed by atoms with Crippen LogP contribution in [0, 0.1) is 0 Å². The molecule has 0 bridgehead atoms. The number of hydrogen-bond donors (Lipinski definition) is 0. The first-order valence-electron chi connectivity index (χ1n) is 6.38. The van der Waals surface area contributed by atoms with Crippen molar-refractivity contribution in [2.75, 3.05) is 37.0 Å². The second kappa shape index (κ2) is 23.2. The van der Waals surface area contributed by atoms with Crippen LogP contribution in [0.5, 0.6) is 0 Å². The molecule has 0 unspecified atom stereocenters. The zero-order chi connectivity index (χ0) is 14.1. The van der Waals surface area contributed by atoms with Gasteiger partial charge in [0.15, 0.2) is 0 Å². The molecule has 0 aromatic carbocycles. The standard InChI is InChI=1S/2C6H15P.2ClH.Pd/c2*1-4-7(5-2)6-3;;;/h2*4-6H2,1-3H3;2*1H;/q;;;;+2/p-2. The van der Waals surface area contributed by atoms with E-state index in [2.05, 4.69) is 41.5 Å². The summed E-state index contributed by atoms with van der Waals surface area (Å²) in [4.78, 5) is 0. The minimum absolute atomic E-state index is 0.106. The Bertz CT molecular complexity index is 87.7. The molecule has 5 heteroatoms. The Kier molecular flexibility index (Phi) is 33.0. The number of hydrogen-bond acceptors (Lipinski definition) is 0. The van der Waals surface area contributed by atoms with E-state index in [0.29, 0.717) is 15.8 Å². The maximum absolute atomic E-state index is 4.81. The van der Waals surface area contributed by atoms with Crippen LogP contribution in [0.1, 0.15) is 41.5 Å². The first-order valence-corrected chi connectivity index (χ1v) is 14.2. The molecule has 0 fully saturated rings. The van der Waals surface area contributed by atoms with Crippen molar-refractivity contribution in [3.05, 3.63) is 0 Å². The molecule has 0 aliphatic rings. The van der Waals surface area contributed by atoms with E-state index in [-0.39, 0.29) is 15.9 Å². The molecule has 0 aliphatic carbocycles. The fourth-order valence-corrected chi connectivity index (χ4v) is 4.02. The molecular weight excluding hydrogens is 383 g/mol. The second-order valence-electron chi connectivity index (χ2n) is 3.28. The van der Waals surface area contributed by atoms with Crippen LogP contribution in [-0.2, 0) is 15.9 Å². The molecule has 0 radical (unpaired) electrons. The van der Waals surface area contributed by atoms with Crippen molar-refractivity contribution in [1.29, 1.82) is 0 Å². The Balaban J connectivity index is -0.000000188. The van der Waals surface area contributed by atoms with Gasteiger partial charge in [0.1, 0.15) is 0 Å². The van der Waals surface area contributed by atoms with Gasteiger partial charge in [0.05, 0.1) is 0 Å². The molecule has 0 amide bonds. The van der Waals surface area contributed by atoms with E-state index in [9.17, 15) is 0 Å². The van der Waals surface area contributed by atoms with E-state index in [1.54, 1.807) is 0 Å². The quantitative estimate of drug-likeness (QED) is 0.347.